The van der Waals surface area contributed by atoms with Crippen molar-refractivity contribution < 1.29 is 17.6 Å². The Morgan fingerprint density at radius 3 is 2.31 bits per heavy atom. The molecule has 0 aromatic heterocycles. The summed E-state index contributed by atoms with van der Waals surface area (Å²) in [6.07, 6.45) is -4.69. The van der Waals surface area contributed by atoms with Gasteiger partial charge in [-0.2, -0.15) is 13.2 Å². The van der Waals surface area contributed by atoms with Gasteiger partial charge in [0.25, 0.3) is 0 Å². The van der Waals surface area contributed by atoms with Gasteiger partial charge in [0.2, 0.25) is 0 Å². The van der Waals surface area contributed by atoms with Crippen molar-refractivity contribution in [3.05, 3.63) is 29.6 Å². The largest absolute Gasteiger partial charge is 0.419 e. The molecule has 0 atom stereocenters. The Bertz CT molecular complexity index is 329. The van der Waals surface area contributed by atoms with Crippen LogP contribution < -0.4 is 0 Å². The van der Waals surface area contributed by atoms with E-state index in [1.165, 1.54) is 0 Å². The minimum atomic E-state index is -4.69. The van der Waals surface area contributed by atoms with E-state index in [-0.39, 0.29) is 5.69 Å². The summed E-state index contributed by atoms with van der Waals surface area (Å²) in [5.74, 6) is -1.31. The predicted octanol–water partition coefficient (Wildman–Crippen LogP) is 3.18. The van der Waals surface area contributed by atoms with Gasteiger partial charge in [0.1, 0.15) is 5.82 Å². The van der Waals surface area contributed by atoms with Gasteiger partial charge in [-0.25, -0.2) is 4.39 Å². The van der Waals surface area contributed by atoms with Gasteiger partial charge in [-0.1, -0.05) is 0 Å². The summed E-state index contributed by atoms with van der Waals surface area (Å²) >= 11 is 0. The molecule has 0 saturated carbocycles. The van der Waals surface area contributed by atoms with E-state index in [0.717, 1.165) is 6.07 Å². The van der Waals surface area contributed by atoms with Gasteiger partial charge < -0.3 is 0 Å². The van der Waals surface area contributed by atoms with E-state index in [1.807, 2.05) is 0 Å². The van der Waals surface area contributed by atoms with Gasteiger partial charge >= 0.3 is 6.18 Å². The lowest BCUT2D eigenvalue weighted by Gasteiger charge is -2.07. The highest BCUT2D eigenvalue weighted by molar-refractivity contribution is 5.47. The Morgan fingerprint density at radius 1 is 1.23 bits per heavy atom. The first-order valence-electron chi connectivity index (χ1n) is 3.28. The fraction of sp³-hybridized carbons (Fsp3) is 0.125. The number of nitrogens with zero attached hydrogens (tertiary/aromatic N) is 1. The summed E-state index contributed by atoms with van der Waals surface area (Å²) in [7, 11) is 0. The molecule has 0 fully saturated rings. The molecule has 13 heavy (non-hydrogen) atoms. The number of aliphatic imine (C=N–C) groups is 1. The first-order chi connectivity index (χ1) is 5.95. The van der Waals surface area contributed by atoms with Crippen molar-refractivity contribution in [2.45, 2.75) is 6.18 Å². The van der Waals surface area contributed by atoms with E-state index in [1.54, 1.807) is 0 Å². The lowest BCUT2D eigenvalue weighted by Crippen LogP contribution is -2.07. The van der Waals surface area contributed by atoms with Crippen molar-refractivity contribution in [3.8, 4) is 0 Å². The van der Waals surface area contributed by atoms with Crippen LogP contribution in [0.4, 0.5) is 23.2 Å². The van der Waals surface area contributed by atoms with E-state index in [4.69, 9.17) is 0 Å². The summed E-state index contributed by atoms with van der Waals surface area (Å²) in [6.45, 7) is 3.04. The molecule has 0 heterocycles. The molecular formula is C8H5F4N. The van der Waals surface area contributed by atoms with Crippen LogP contribution in [0.25, 0.3) is 0 Å². The van der Waals surface area contributed by atoms with E-state index < -0.39 is 17.6 Å². The topological polar surface area (TPSA) is 12.4 Å². The maximum atomic E-state index is 12.6. The molecule has 1 rings (SSSR count). The average molecular weight is 191 g/mol. The van der Waals surface area contributed by atoms with Crippen LogP contribution in [0.2, 0.25) is 0 Å². The summed E-state index contributed by atoms with van der Waals surface area (Å²) in [5.41, 5.74) is -1.33. The van der Waals surface area contributed by atoms with Crippen LogP contribution in [0.15, 0.2) is 23.2 Å². The van der Waals surface area contributed by atoms with Crippen molar-refractivity contribution in [1.29, 1.82) is 0 Å². The minimum absolute atomic E-state index is 0.00581. The molecule has 0 aliphatic carbocycles. The van der Waals surface area contributed by atoms with Crippen LogP contribution in [0.3, 0.4) is 0 Å². The van der Waals surface area contributed by atoms with E-state index in [0.29, 0.717) is 12.1 Å². The second-order valence-electron chi connectivity index (χ2n) is 2.32. The smallest absolute Gasteiger partial charge is 0.265 e. The highest BCUT2D eigenvalue weighted by Gasteiger charge is 2.34. The number of hydrogen-bond acceptors (Lipinski definition) is 1. The van der Waals surface area contributed by atoms with Crippen molar-refractivity contribution in [1.82, 2.24) is 0 Å². The maximum absolute atomic E-state index is 12.6. The van der Waals surface area contributed by atoms with Crippen molar-refractivity contribution >= 4 is 12.4 Å². The maximum Gasteiger partial charge on any atom is 0.419 e. The number of benzene rings is 1. The summed E-state index contributed by atoms with van der Waals surface area (Å²) in [4.78, 5) is 3.27. The number of alkyl halides is 3. The van der Waals surface area contributed by atoms with Crippen LogP contribution in [0.1, 0.15) is 5.56 Å². The number of rotatable bonds is 1. The molecule has 0 spiro atoms. The zero-order chi connectivity index (χ0) is 10.1. The highest BCUT2D eigenvalue weighted by atomic mass is 19.4. The molecule has 5 heteroatoms. The van der Waals surface area contributed by atoms with Crippen LogP contribution in [0, 0.1) is 5.82 Å². The molecule has 1 aromatic carbocycles. The van der Waals surface area contributed by atoms with Gasteiger partial charge in [-0.15, -0.1) is 0 Å². The third-order valence-corrected chi connectivity index (χ3v) is 1.44. The van der Waals surface area contributed by atoms with Crippen LogP contribution in [-0.2, 0) is 6.18 Å². The van der Waals surface area contributed by atoms with Gasteiger partial charge in [0, 0.05) is 0 Å². The molecule has 0 bridgehead atoms. The van der Waals surface area contributed by atoms with Gasteiger partial charge in [-0.05, 0) is 24.9 Å². The second kappa shape index (κ2) is 3.16. The van der Waals surface area contributed by atoms with Crippen LogP contribution in [-0.4, -0.2) is 6.72 Å². The van der Waals surface area contributed by atoms with Gasteiger partial charge in [0.15, 0.2) is 0 Å². The predicted molar refractivity (Wildman–Crippen MR) is 40.6 cm³/mol. The Kier molecular flexibility index (Phi) is 2.36. The Morgan fingerprint density at radius 2 is 1.85 bits per heavy atom. The van der Waals surface area contributed by atoms with Crippen LogP contribution in [0.5, 0.6) is 0 Å². The summed E-state index contributed by atoms with van der Waals surface area (Å²) < 4.78 is 48.8. The van der Waals surface area contributed by atoms with Crippen molar-refractivity contribution in [3.63, 3.8) is 0 Å². The number of hydrogen-bond donors (Lipinski definition) is 0. The fourth-order valence-electron chi connectivity index (χ4n) is 0.829. The van der Waals surface area contributed by atoms with Gasteiger partial charge in [-0.3, -0.25) is 4.99 Å². The lowest BCUT2D eigenvalue weighted by molar-refractivity contribution is -0.139. The normalized spacial score (nSPS) is 11.4. The van der Waals surface area contributed by atoms with Crippen molar-refractivity contribution in [2.24, 2.45) is 4.99 Å². The Labute approximate surface area is 71.7 Å². The van der Waals surface area contributed by atoms with Gasteiger partial charge in [0.05, 0.1) is 11.3 Å². The summed E-state index contributed by atoms with van der Waals surface area (Å²) in [5, 5.41) is 0. The number of halogens is 4. The molecule has 1 aromatic rings. The lowest BCUT2D eigenvalue weighted by atomic mass is 10.2. The monoisotopic (exact) mass is 191 g/mol. The molecule has 70 valence electrons. The SMILES string of the molecule is C=Nc1ccc(F)c(C(F)(F)F)c1. The molecule has 0 aliphatic heterocycles. The Balaban J connectivity index is 3.27. The second-order valence-corrected chi connectivity index (χ2v) is 2.32. The molecule has 0 radical (unpaired) electrons. The highest BCUT2D eigenvalue weighted by Crippen LogP contribution is 2.33. The van der Waals surface area contributed by atoms with Crippen molar-refractivity contribution in [2.75, 3.05) is 0 Å². The molecular weight excluding hydrogens is 186 g/mol. The molecule has 0 aliphatic rings. The molecule has 0 N–H and O–H groups in total. The average Bonchev–Trinajstić information content (AvgIpc) is 2.03. The molecule has 1 nitrogen and oxygen atoms in total. The quantitative estimate of drug-likeness (QED) is 0.477. The Hall–Kier alpha value is -1.39. The standard InChI is InChI=1S/C8H5F4N/c1-13-5-2-3-7(9)6(4-5)8(10,11)12/h2-4H,1H2. The van der Waals surface area contributed by atoms with Crippen LogP contribution >= 0.6 is 0 Å². The van der Waals surface area contributed by atoms with E-state index in [9.17, 15) is 17.6 Å². The molecule has 0 saturated heterocycles. The summed E-state index contributed by atoms with van der Waals surface area (Å²) in [6, 6.07) is 2.45. The molecule has 0 unspecified atom stereocenters. The fourth-order valence-corrected chi connectivity index (χ4v) is 0.829. The van der Waals surface area contributed by atoms with E-state index in [2.05, 4.69) is 11.7 Å². The first-order valence-corrected chi connectivity index (χ1v) is 3.28. The third-order valence-electron chi connectivity index (χ3n) is 1.44. The van der Waals surface area contributed by atoms with E-state index >= 15 is 0 Å². The zero-order valence-corrected chi connectivity index (χ0v) is 6.40. The minimum Gasteiger partial charge on any atom is -0.265 e. The molecule has 0 amide bonds. The zero-order valence-electron chi connectivity index (χ0n) is 6.40. The third kappa shape index (κ3) is 2.05. The first kappa shape index (κ1) is 9.70.